The Hall–Kier alpha value is -3.42. The van der Waals surface area contributed by atoms with Crippen LogP contribution in [0.15, 0.2) is 85.1 Å². The van der Waals surface area contributed by atoms with Crippen LogP contribution in [0, 0.1) is 0 Å². The fourth-order valence-corrected chi connectivity index (χ4v) is 5.38. The van der Waals surface area contributed by atoms with Crippen LogP contribution in [0.3, 0.4) is 0 Å². The second-order valence-electron chi connectivity index (χ2n) is 13.1. The lowest BCUT2D eigenvalue weighted by Crippen LogP contribution is -2.34. The monoisotopic (exact) mass is 809 g/mol. The van der Waals surface area contributed by atoms with E-state index in [0.717, 1.165) is 44.9 Å². The highest BCUT2D eigenvalue weighted by Crippen LogP contribution is 2.43. The zero-order valence-corrected chi connectivity index (χ0v) is 34.3. The Labute approximate surface area is 334 Å². The van der Waals surface area contributed by atoms with E-state index in [1.165, 1.54) is 12.8 Å². The number of esters is 2. The number of aliphatic hydroxyl groups is 2. The Morgan fingerprint density at radius 2 is 1.23 bits per heavy atom. The van der Waals surface area contributed by atoms with Crippen LogP contribution in [0.5, 0.6) is 0 Å². The number of ether oxygens (including phenoxy) is 2. The van der Waals surface area contributed by atoms with E-state index in [1.807, 2.05) is 37.3 Å². The molecule has 1 unspecified atom stereocenters. The third kappa shape index (κ3) is 35.0. The van der Waals surface area contributed by atoms with Crippen molar-refractivity contribution in [1.29, 1.82) is 0 Å². The molecule has 13 nitrogen and oxygen atoms in total. The molecule has 5 atom stereocenters. The number of carboxylic acid groups (broad SMARTS) is 1. The minimum absolute atomic E-state index is 0.0268. The van der Waals surface area contributed by atoms with Gasteiger partial charge in [0.1, 0.15) is 12.6 Å². The van der Waals surface area contributed by atoms with E-state index in [0.29, 0.717) is 32.1 Å². The predicted molar refractivity (Wildman–Crippen MR) is 219 cm³/mol. The van der Waals surface area contributed by atoms with Gasteiger partial charge in [-0.15, -0.1) is 0 Å². The van der Waals surface area contributed by atoms with E-state index in [4.69, 9.17) is 24.8 Å². The minimum Gasteiger partial charge on any atom is -0.480 e. The van der Waals surface area contributed by atoms with Crippen molar-refractivity contribution < 1.29 is 57.7 Å². The van der Waals surface area contributed by atoms with Crippen molar-refractivity contribution in [3.63, 3.8) is 0 Å². The van der Waals surface area contributed by atoms with Crippen LogP contribution in [0.25, 0.3) is 0 Å². The average Bonchev–Trinajstić information content (AvgIpc) is 3.16. The van der Waals surface area contributed by atoms with E-state index in [1.54, 1.807) is 42.5 Å². The van der Waals surface area contributed by atoms with Crippen LogP contribution < -0.4 is 5.73 Å². The first-order valence-corrected chi connectivity index (χ1v) is 21.3. The largest absolute Gasteiger partial charge is 0.480 e. The van der Waals surface area contributed by atoms with Crippen molar-refractivity contribution in [3.05, 3.63) is 85.1 Å². The van der Waals surface area contributed by atoms with Gasteiger partial charge in [0, 0.05) is 12.8 Å². The zero-order chi connectivity index (χ0) is 41.7. The summed E-state index contributed by atoms with van der Waals surface area (Å²) < 4.78 is 32.4. The maximum Gasteiger partial charge on any atom is 0.472 e. The maximum atomic E-state index is 12.6. The van der Waals surface area contributed by atoms with Crippen LogP contribution in [0.2, 0.25) is 0 Å². The van der Waals surface area contributed by atoms with Gasteiger partial charge in [-0.25, -0.2) is 4.57 Å². The normalized spacial score (nSPS) is 15.8. The number of aliphatic carboxylic acids is 1. The molecule has 0 saturated carbocycles. The van der Waals surface area contributed by atoms with Crippen molar-refractivity contribution in [2.75, 3.05) is 19.8 Å². The second kappa shape index (κ2) is 36.0. The van der Waals surface area contributed by atoms with Crippen LogP contribution in [-0.2, 0) is 37.5 Å². The molecule has 0 rings (SSSR count). The van der Waals surface area contributed by atoms with Crippen molar-refractivity contribution in [2.24, 2.45) is 5.73 Å². The molecule has 0 aliphatic rings. The van der Waals surface area contributed by atoms with Gasteiger partial charge in [0.2, 0.25) is 0 Å². The van der Waals surface area contributed by atoms with E-state index in [2.05, 4.69) is 23.6 Å². The number of unbranched alkanes of at least 4 members (excludes halogenated alkanes) is 7. The molecule has 0 heterocycles. The smallest absolute Gasteiger partial charge is 0.472 e. The lowest BCUT2D eigenvalue weighted by molar-refractivity contribution is -0.161. The van der Waals surface area contributed by atoms with E-state index in [9.17, 15) is 34.1 Å². The number of carboxylic acids is 1. The van der Waals surface area contributed by atoms with Crippen molar-refractivity contribution in [3.8, 4) is 0 Å². The quantitative estimate of drug-likeness (QED) is 0.0136. The number of allylic oxidation sites excluding steroid dienone is 10. The van der Waals surface area contributed by atoms with Gasteiger partial charge in [-0.05, 0) is 57.8 Å². The molecule has 0 fully saturated rings. The van der Waals surface area contributed by atoms with Gasteiger partial charge in [0.25, 0.3) is 0 Å². The first kappa shape index (κ1) is 52.6. The molecule has 0 amide bonds. The molecule has 56 heavy (non-hydrogen) atoms. The molecule has 0 aliphatic heterocycles. The zero-order valence-electron chi connectivity index (χ0n) is 33.4. The Kier molecular flexibility index (Phi) is 33.8. The van der Waals surface area contributed by atoms with E-state index in [-0.39, 0.29) is 12.8 Å². The van der Waals surface area contributed by atoms with Gasteiger partial charge in [-0.1, -0.05) is 131 Å². The first-order valence-electron chi connectivity index (χ1n) is 19.8. The molecule has 318 valence electrons. The third-order valence-corrected chi connectivity index (χ3v) is 8.76. The van der Waals surface area contributed by atoms with Crippen LogP contribution in [-0.4, -0.2) is 82.3 Å². The summed E-state index contributed by atoms with van der Waals surface area (Å²) in [6.07, 6.45) is 36.0. The summed E-state index contributed by atoms with van der Waals surface area (Å²) in [6.45, 7) is 2.34. The summed E-state index contributed by atoms with van der Waals surface area (Å²) in [5, 5.41) is 28.8. The molecule has 0 aromatic carbocycles. The molecular weight excluding hydrogens is 741 g/mol. The molecule has 6 N–H and O–H groups in total. The van der Waals surface area contributed by atoms with Crippen LogP contribution in [0.4, 0.5) is 0 Å². The van der Waals surface area contributed by atoms with Crippen molar-refractivity contribution >= 4 is 25.7 Å². The van der Waals surface area contributed by atoms with Crippen molar-refractivity contribution in [1.82, 2.24) is 0 Å². The van der Waals surface area contributed by atoms with Crippen LogP contribution in [0.1, 0.15) is 117 Å². The molecule has 0 aromatic heterocycles. The molecular formula is C42H68NO12P. The number of nitrogens with two attached hydrogens (primary N) is 1. The number of rotatable bonds is 35. The molecule has 0 aliphatic carbocycles. The number of hydrogen-bond donors (Lipinski definition) is 5. The maximum absolute atomic E-state index is 12.6. The van der Waals surface area contributed by atoms with Gasteiger partial charge < -0.3 is 35.4 Å². The standard InChI is InChI=1S/C42H68NO12P/c1-3-5-7-8-9-10-11-12-13-17-25-31-40(46)52-33-38(34-53-56(50,51)54-35-39(43)42(48)49)55-41(47)32-26-18-15-14-16-22-28-37(45)30-24-20-19-23-29-36(44)27-21-6-4-2/h6,8-9,15-16,18-24,29-30,36-39,44-45H,3-5,7,10-14,17,25-28,31-35,43H2,1-2H3,(H,48,49)(H,50,51)/b9-8-,18-15-,20-19-,21-6-,22-16-,29-23+,30-24+/t36-,37+,38+,39-/m0/s1. The summed E-state index contributed by atoms with van der Waals surface area (Å²) in [5.41, 5.74) is 5.30. The van der Waals surface area contributed by atoms with Gasteiger partial charge in [0.15, 0.2) is 6.10 Å². The lowest BCUT2D eigenvalue weighted by Gasteiger charge is -2.20. The van der Waals surface area contributed by atoms with E-state index >= 15 is 0 Å². The molecule has 14 heteroatoms. The molecule has 0 bridgehead atoms. The SMILES string of the molecule is CC/C=C\C[C@H](O)/C=C/C=C\C=C\[C@H](O)C/C=C\C/C=C\CCC(=O)O[C@H](COC(=O)CCCCCCC/C=C\CCCC)COP(=O)(O)OC[C@H](N)C(=O)O. The predicted octanol–water partition coefficient (Wildman–Crippen LogP) is 7.88. The molecule has 0 saturated heterocycles. The van der Waals surface area contributed by atoms with Gasteiger partial charge >= 0.3 is 25.7 Å². The number of carbonyl (C=O) groups excluding carboxylic acids is 2. The second-order valence-corrected chi connectivity index (χ2v) is 14.5. The number of aliphatic hydroxyl groups excluding tert-OH is 2. The molecule has 0 radical (unpaired) electrons. The van der Waals surface area contributed by atoms with E-state index < -0.39 is 69.9 Å². The Balaban J connectivity index is 4.69. The molecule has 0 spiro atoms. The summed E-state index contributed by atoms with van der Waals surface area (Å²) in [5.74, 6) is -2.60. The van der Waals surface area contributed by atoms with Crippen LogP contribution >= 0.6 is 7.82 Å². The summed E-state index contributed by atoms with van der Waals surface area (Å²) in [4.78, 5) is 45.8. The van der Waals surface area contributed by atoms with Gasteiger partial charge in [-0.2, -0.15) is 0 Å². The number of phosphoric acid groups is 1. The first-order chi connectivity index (χ1) is 26.9. The topological polar surface area (TPSA) is 212 Å². The van der Waals surface area contributed by atoms with Crippen molar-refractivity contribution in [2.45, 2.75) is 141 Å². The highest BCUT2D eigenvalue weighted by molar-refractivity contribution is 7.47. The van der Waals surface area contributed by atoms with Gasteiger partial charge in [-0.3, -0.25) is 23.4 Å². The third-order valence-electron chi connectivity index (χ3n) is 7.81. The summed E-state index contributed by atoms with van der Waals surface area (Å²) in [7, 11) is -4.77. The fraction of sp³-hybridized carbons (Fsp3) is 0.595. The fourth-order valence-electron chi connectivity index (χ4n) is 4.60. The minimum atomic E-state index is -4.77. The number of phosphoric ester groups is 1. The summed E-state index contributed by atoms with van der Waals surface area (Å²) >= 11 is 0. The number of carbonyl (C=O) groups is 3. The Bertz CT molecular complexity index is 1310. The Morgan fingerprint density at radius 1 is 0.661 bits per heavy atom. The number of hydrogen-bond acceptors (Lipinski definition) is 11. The summed E-state index contributed by atoms with van der Waals surface area (Å²) in [6, 6.07) is -1.56. The lowest BCUT2D eigenvalue weighted by atomic mass is 10.1. The molecule has 0 aromatic rings. The highest BCUT2D eigenvalue weighted by Gasteiger charge is 2.28. The van der Waals surface area contributed by atoms with Gasteiger partial charge in [0.05, 0.1) is 25.4 Å². The average molecular weight is 810 g/mol. The highest BCUT2D eigenvalue weighted by atomic mass is 31.2. The Morgan fingerprint density at radius 3 is 1.88 bits per heavy atom.